The normalized spacial score (nSPS) is 12.7. The molecule has 24 rings (SSSR count). The summed E-state index contributed by atoms with van der Waals surface area (Å²) in [5, 5.41) is 4.46. The minimum absolute atomic E-state index is 0.217. The van der Waals surface area contributed by atoms with Crippen molar-refractivity contribution in [2.24, 2.45) is 0 Å². The number of nitrogens with zero attached hydrogens (tertiary/aromatic N) is 4. The molecule has 4 aromatic heterocycles. The molecule has 0 amide bonds. The number of benzene rings is 18. The van der Waals surface area contributed by atoms with Gasteiger partial charge in [-0.25, -0.2) is 0 Å². The zero-order valence-electron chi connectivity index (χ0n) is 72.1. The van der Waals surface area contributed by atoms with Gasteiger partial charge in [0.05, 0.1) is 0 Å². The van der Waals surface area contributed by atoms with E-state index in [1.54, 1.807) is 0 Å². The van der Waals surface area contributed by atoms with Crippen LogP contribution in [0.25, 0.3) is 141 Å². The van der Waals surface area contributed by atoms with Crippen LogP contribution in [-0.2, 0) is 10.8 Å². The van der Waals surface area contributed by atoms with Gasteiger partial charge in [-0.3, -0.25) is 0 Å². The quantitative estimate of drug-likeness (QED) is 0.0803. The highest BCUT2D eigenvalue weighted by Gasteiger charge is 2.38. The highest BCUT2D eigenvalue weighted by atomic mass is 32.1. The Kier molecular flexibility index (Phi) is 18.9. The molecule has 2 aliphatic carbocycles. The van der Waals surface area contributed by atoms with Crippen LogP contribution in [0.1, 0.15) is 49.9 Å². The minimum Gasteiger partial charge on any atom is -0.455 e. The van der Waals surface area contributed by atoms with Crippen molar-refractivity contribution < 1.29 is 8.83 Å². The molecule has 0 aliphatic heterocycles. The van der Waals surface area contributed by atoms with Crippen molar-refractivity contribution in [2.45, 2.75) is 38.5 Å². The maximum atomic E-state index is 6.59. The molecule has 22 aromatic rings. The Morgan fingerprint density at radius 3 is 0.754 bits per heavy atom. The monoisotopic (exact) mass is 1700 g/mol. The Balaban J connectivity index is 0.578. The lowest BCUT2D eigenvalue weighted by atomic mass is 9.82. The Morgan fingerprint density at radius 1 is 0.177 bits per heavy atom. The van der Waals surface area contributed by atoms with Gasteiger partial charge in [-0.15, -0.1) is 22.7 Å². The highest BCUT2D eigenvalue weighted by molar-refractivity contribution is 7.19. The number of para-hydroxylation sites is 4. The number of hydrogen-bond donors (Lipinski definition) is 0. The van der Waals surface area contributed by atoms with Crippen LogP contribution >= 0.6 is 22.7 Å². The molecule has 0 radical (unpaired) electrons. The maximum Gasteiger partial charge on any atom is 0.143 e. The largest absolute Gasteiger partial charge is 0.455 e. The number of fused-ring (bicyclic) bond motifs is 12. The lowest BCUT2D eigenvalue weighted by Crippen LogP contribution is -2.16. The van der Waals surface area contributed by atoms with E-state index in [0.29, 0.717) is 0 Å². The Bertz CT molecular complexity index is 7570. The summed E-state index contributed by atoms with van der Waals surface area (Å²) in [5.74, 6) is 0. The molecule has 0 atom stereocenters. The molecule has 4 heterocycles. The van der Waals surface area contributed by atoms with Crippen molar-refractivity contribution in [2.75, 3.05) is 19.6 Å². The summed E-state index contributed by atoms with van der Waals surface area (Å²) in [4.78, 5) is 14.5. The van der Waals surface area contributed by atoms with Gasteiger partial charge in [0.1, 0.15) is 22.3 Å². The fourth-order valence-corrected chi connectivity index (χ4v) is 22.2. The second kappa shape index (κ2) is 31.6. The molecule has 2 aliphatic rings. The zero-order chi connectivity index (χ0) is 86.7. The van der Waals surface area contributed by atoms with Crippen LogP contribution in [0.4, 0.5) is 68.2 Å². The van der Waals surface area contributed by atoms with Crippen LogP contribution in [-0.4, -0.2) is 0 Å². The van der Waals surface area contributed by atoms with E-state index in [1.807, 2.05) is 34.8 Å². The standard InChI is InChI=1S/C122H86N4O2S2/c1-121(2)109-33-15-11-25-101(109)103-71-69-97(77-111(103)121)125(95-65-61-93(62-66-95)123(89-57-45-85(46-58-89)117-75-73-115(129-117)83-21-7-5-8-22-83)87-53-41-81(42-54-87)99-29-19-31-107-105-27-13-17-35-113(105)127-119(99)107)91-49-37-79(38-50-91)80-39-51-92(52-40-80)126(98-70-72-104-102-26-12-16-34-110(102)122(3,4)112(104)78-98)96-67-63-94(64-68-96)124(90-59-47-86(48-60-90)118-76-74-116(130-118)84-23-9-6-10-24-84)88-55-43-82(44-56-88)100-30-20-32-108-106-28-14-18-36-114(106)128-120(100)108/h5-78H,1-4H3. The summed E-state index contributed by atoms with van der Waals surface area (Å²) in [7, 11) is 0. The summed E-state index contributed by atoms with van der Waals surface area (Å²) in [5.41, 5.74) is 37.4. The predicted molar refractivity (Wildman–Crippen MR) is 549 cm³/mol. The van der Waals surface area contributed by atoms with Crippen molar-refractivity contribution in [1.29, 1.82) is 0 Å². The average molecular weight is 1700 g/mol. The second-order valence-electron chi connectivity index (χ2n) is 35.1. The van der Waals surface area contributed by atoms with E-state index in [2.05, 4.69) is 484 Å². The highest BCUT2D eigenvalue weighted by Crippen LogP contribution is 2.55. The van der Waals surface area contributed by atoms with Crippen LogP contribution in [0.2, 0.25) is 0 Å². The zero-order valence-corrected chi connectivity index (χ0v) is 73.8. The van der Waals surface area contributed by atoms with E-state index in [4.69, 9.17) is 8.83 Å². The van der Waals surface area contributed by atoms with Crippen LogP contribution in [0.15, 0.2) is 458 Å². The summed E-state index contributed by atoms with van der Waals surface area (Å²) in [6.07, 6.45) is 0. The molecular weight excluding hydrogens is 1620 g/mol. The van der Waals surface area contributed by atoms with Crippen LogP contribution in [0, 0.1) is 0 Å². The molecule has 0 fully saturated rings. The van der Waals surface area contributed by atoms with E-state index >= 15 is 0 Å². The first-order chi connectivity index (χ1) is 63.9. The molecule has 0 saturated heterocycles. The molecule has 0 unspecified atom stereocenters. The molecule has 618 valence electrons. The molecule has 6 nitrogen and oxygen atoms in total. The van der Waals surface area contributed by atoms with Crippen molar-refractivity contribution in [3.05, 3.63) is 471 Å². The van der Waals surface area contributed by atoms with Gasteiger partial charge >= 0.3 is 0 Å². The van der Waals surface area contributed by atoms with E-state index in [1.165, 1.54) is 86.3 Å². The van der Waals surface area contributed by atoms with E-state index in [9.17, 15) is 0 Å². The fourth-order valence-electron chi connectivity index (χ4n) is 20.1. The lowest BCUT2D eigenvalue weighted by molar-refractivity contribution is 0.660. The SMILES string of the molecule is CC1(C)c2ccccc2-c2ccc(N(c3ccc(-c4ccc(N(c5ccc(N(c6ccc(-c7ccc(-c8ccccc8)s7)cc6)c6ccc(-c7cccc8c7oc7ccccc78)cc6)cc5)c5ccc6c(c5)C(C)(C)c5ccccc5-6)cc4)cc3)c3ccc(N(c4ccc(-c5ccc(-c6ccccc6)s5)cc4)c4ccc(-c5cccc6c5oc5ccccc56)cc4)cc3)cc21. The number of rotatable bonds is 19. The maximum absolute atomic E-state index is 6.59. The van der Waals surface area contributed by atoms with Crippen molar-refractivity contribution in [1.82, 2.24) is 0 Å². The number of thiophene rings is 2. The van der Waals surface area contributed by atoms with E-state index in [0.717, 1.165) is 146 Å². The molecule has 130 heavy (non-hydrogen) atoms. The van der Waals surface area contributed by atoms with Gasteiger partial charge in [-0.1, -0.05) is 295 Å². The summed E-state index contributed by atoms with van der Waals surface area (Å²) < 4.78 is 13.2. The van der Waals surface area contributed by atoms with Gasteiger partial charge in [0, 0.05) is 131 Å². The van der Waals surface area contributed by atoms with Crippen LogP contribution in [0.3, 0.4) is 0 Å². The third-order valence-corrected chi connectivity index (χ3v) is 29.2. The average Bonchev–Trinajstić information content (AvgIpc) is 1.58. The third kappa shape index (κ3) is 13.5. The third-order valence-electron chi connectivity index (χ3n) is 26.8. The summed E-state index contributed by atoms with van der Waals surface area (Å²) in [6, 6.07) is 164. The molecule has 0 bridgehead atoms. The minimum atomic E-state index is -0.217. The van der Waals surface area contributed by atoms with E-state index in [-0.39, 0.29) is 10.8 Å². The van der Waals surface area contributed by atoms with E-state index < -0.39 is 0 Å². The van der Waals surface area contributed by atoms with Gasteiger partial charge in [-0.05, 0) is 271 Å². The van der Waals surface area contributed by atoms with Gasteiger partial charge < -0.3 is 28.4 Å². The first-order valence-corrected chi connectivity index (χ1v) is 46.2. The first kappa shape index (κ1) is 77.7. The molecular formula is C122H86N4O2S2. The Hall–Kier alpha value is -15.8. The van der Waals surface area contributed by atoms with Gasteiger partial charge in [0.25, 0.3) is 0 Å². The number of furan rings is 2. The van der Waals surface area contributed by atoms with Crippen LogP contribution < -0.4 is 19.6 Å². The molecule has 0 N–H and O–H groups in total. The molecule has 8 heteroatoms. The van der Waals surface area contributed by atoms with Gasteiger partial charge in [0.15, 0.2) is 0 Å². The fraction of sp³-hybridized carbons (Fsp3) is 0.0492. The van der Waals surface area contributed by atoms with Gasteiger partial charge in [-0.2, -0.15) is 0 Å². The van der Waals surface area contributed by atoms with Gasteiger partial charge in [0.2, 0.25) is 0 Å². The predicted octanol–water partition coefficient (Wildman–Crippen LogP) is 35.8. The van der Waals surface area contributed by atoms with Crippen LogP contribution in [0.5, 0.6) is 0 Å². The Labute approximate surface area is 764 Å². The Morgan fingerprint density at radius 2 is 0.415 bits per heavy atom. The van der Waals surface area contributed by atoms with Crippen molar-refractivity contribution in [3.8, 4) is 97.4 Å². The lowest BCUT2D eigenvalue weighted by Gasteiger charge is -2.30. The second-order valence-corrected chi connectivity index (χ2v) is 37.2. The molecule has 0 spiro atoms. The first-order valence-electron chi connectivity index (χ1n) is 44.6. The molecule has 18 aromatic carbocycles. The van der Waals surface area contributed by atoms with Crippen molar-refractivity contribution >= 4 is 135 Å². The number of hydrogen-bond acceptors (Lipinski definition) is 8. The number of anilines is 12. The summed E-state index contributed by atoms with van der Waals surface area (Å²) >= 11 is 3.64. The molecule has 0 saturated carbocycles. The summed E-state index contributed by atoms with van der Waals surface area (Å²) in [6.45, 7) is 9.47. The van der Waals surface area contributed by atoms with Crippen molar-refractivity contribution in [3.63, 3.8) is 0 Å². The smallest absolute Gasteiger partial charge is 0.143 e. The topological polar surface area (TPSA) is 39.2 Å².